The summed E-state index contributed by atoms with van der Waals surface area (Å²) in [7, 11) is 0. The molecule has 0 fully saturated rings. The third kappa shape index (κ3) is 1.61. The molecule has 2 aromatic rings. The van der Waals surface area contributed by atoms with Gasteiger partial charge in [-0.1, -0.05) is 5.21 Å². The Labute approximate surface area is 80.7 Å². The van der Waals surface area contributed by atoms with Crippen molar-refractivity contribution in [3.63, 3.8) is 0 Å². The van der Waals surface area contributed by atoms with E-state index in [9.17, 15) is 4.79 Å². The SMILES string of the molecule is CC(=O)CCn1nnc2cccnc21. The van der Waals surface area contributed by atoms with Crippen LogP contribution in [-0.2, 0) is 11.3 Å². The summed E-state index contributed by atoms with van der Waals surface area (Å²) in [6.07, 6.45) is 2.16. The fourth-order valence-electron chi connectivity index (χ4n) is 1.22. The van der Waals surface area contributed by atoms with Gasteiger partial charge in [0.05, 0.1) is 6.54 Å². The monoisotopic (exact) mass is 190 g/mol. The first-order chi connectivity index (χ1) is 6.77. The van der Waals surface area contributed by atoms with E-state index in [0.29, 0.717) is 13.0 Å². The van der Waals surface area contributed by atoms with Crippen LogP contribution in [-0.4, -0.2) is 25.8 Å². The van der Waals surface area contributed by atoms with Crippen LogP contribution in [0.3, 0.4) is 0 Å². The maximum atomic E-state index is 10.8. The lowest BCUT2D eigenvalue weighted by Gasteiger charge is -1.97. The smallest absolute Gasteiger partial charge is 0.178 e. The van der Waals surface area contributed by atoms with E-state index in [0.717, 1.165) is 11.2 Å². The number of Topliss-reactive ketones (excluding diaryl/α,β-unsaturated/α-hetero) is 1. The van der Waals surface area contributed by atoms with Gasteiger partial charge >= 0.3 is 0 Å². The Morgan fingerprint density at radius 1 is 1.57 bits per heavy atom. The van der Waals surface area contributed by atoms with Gasteiger partial charge in [-0.25, -0.2) is 9.67 Å². The molecule has 5 heteroatoms. The summed E-state index contributed by atoms with van der Waals surface area (Å²) in [4.78, 5) is 14.9. The van der Waals surface area contributed by atoms with Gasteiger partial charge in [-0.2, -0.15) is 0 Å². The summed E-state index contributed by atoms with van der Waals surface area (Å²) in [6, 6.07) is 3.66. The molecule has 2 rings (SSSR count). The summed E-state index contributed by atoms with van der Waals surface area (Å²) >= 11 is 0. The zero-order chi connectivity index (χ0) is 9.97. The fraction of sp³-hybridized carbons (Fsp3) is 0.333. The largest absolute Gasteiger partial charge is 0.300 e. The van der Waals surface area contributed by atoms with E-state index in [1.807, 2.05) is 12.1 Å². The number of aryl methyl sites for hydroxylation is 1. The summed E-state index contributed by atoms with van der Waals surface area (Å²) in [5.74, 6) is 0.143. The molecular formula is C9H10N4O. The molecule has 0 saturated carbocycles. The maximum absolute atomic E-state index is 10.8. The number of rotatable bonds is 3. The van der Waals surface area contributed by atoms with Crippen molar-refractivity contribution >= 4 is 16.9 Å². The van der Waals surface area contributed by atoms with Gasteiger partial charge < -0.3 is 0 Å². The van der Waals surface area contributed by atoms with E-state index in [1.54, 1.807) is 17.8 Å². The first-order valence-electron chi connectivity index (χ1n) is 4.41. The summed E-state index contributed by atoms with van der Waals surface area (Å²) in [6.45, 7) is 2.11. The van der Waals surface area contributed by atoms with E-state index in [2.05, 4.69) is 15.3 Å². The Balaban J connectivity index is 2.29. The maximum Gasteiger partial charge on any atom is 0.178 e. The number of fused-ring (bicyclic) bond motifs is 1. The molecule has 0 unspecified atom stereocenters. The molecule has 0 saturated heterocycles. The highest BCUT2D eigenvalue weighted by Gasteiger charge is 2.04. The molecule has 0 bridgehead atoms. The second-order valence-electron chi connectivity index (χ2n) is 3.11. The van der Waals surface area contributed by atoms with E-state index in [-0.39, 0.29) is 5.78 Å². The van der Waals surface area contributed by atoms with Crippen molar-refractivity contribution in [2.24, 2.45) is 0 Å². The van der Waals surface area contributed by atoms with Crippen LogP contribution in [0.25, 0.3) is 11.2 Å². The van der Waals surface area contributed by atoms with Crippen LogP contribution < -0.4 is 0 Å². The fourth-order valence-corrected chi connectivity index (χ4v) is 1.22. The number of hydrogen-bond donors (Lipinski definition) is 0. The third-order valence-corrected chi connectivity index (χ3v) is 1.95. The van der Waals surface area contributed by atoms with Gasteiger partial charge in [-0.15, -0.1) is 5.10 Å². The number of ketones is 1. The molecule has 0 atom stereocenters. The van der Waals surface area contributed by atoms with E-state index in [1.165, 1.54) is 0 Å². The Hall–Kier alpha value is -1.78. The molecule has 0 radical (unpaired) electrons. The predicted octanol–water partition coefficient (Wildman–Crippen LogP) is 0.805. The van der Waals surface area contributed by atoms with Crippen molar-refractivity contribution in [3.8, 4) is 0 Å². The lowest BCUT2D eigenvalue weighted by Crippen LogP contribution is -2.04. The second kappa shape index (κ2) is 3.53. The van der Waals surface area contributed by atoms with Crippen molar-refractivity contribution in [1.29, 1.82) is 0 Å². The summed E-state index contributed by atoms with van der Waals surface area (Å²) in [5.41, 5.74) is 1.49. The van der Waals surface area contributed by atoms with Crippen LogP contribution in [0.5, 0.6) is 0 Å². The van der Waals surface area contributed by atoms with Crippen LogP contribution >= 0.6 is 0 Å². The van der Waals surface area contributed by atoms with Gasteiger partial charge in [-0.3, -0.25) is 4.79 Å². The Kier molecular flexibility index (Phi) is 2.22. The molecule has 0 spiro atoms. The molecule has 14 heavy (non-hydrogen) atoms. The van der Waals surface area contributed by atoms with Gasteiger partial charge in [0.25, 0.3) is 0 Å². The molecule has 2 heterocycles. The van der Waals surface area contributed by atoms with Gasteiger partial charge in [0.15, 0.2) is 5.65 Å². The van der Waals surface area contributed by atoms with Crippen LogP contribution in [0.1, 0.15) is 13.3 Å². The molecular weight excluding hydrogens is 180 g/mol. The normalized spacial score (nSPS) is 10.6. The quantitative estimate of drug-likeness (QED) is 0.718. The first-order valence-corrected chi connectivity index (χ1v) is 4.41. The van der Waals surface area contributed by atoms with Crippen LogP contribution in [0.4, 0.5) is 0 Å². The van der Waals surface area contributed by atoms with Gasteiger partial charge in [-0.05, 0) is 19.1 Å². The van der Waals surface area contributed by atoms with E-state index < -0.39 is 0 Å². The number of nitrogens with zero attached hydrogens (tertiary/aromatic N) is 4. The molecule has 0 N–H and O–H groups in total. The van der Waals surface area contributed by atoms with Crippen LogP contribution in [0.2, 0.25) is 0 Å². The zero-order valence-corrected chi connectivity index (χ0v) is 7.84. The number of carbonyl (C=O) groups is 1. The average molecular weight is 190 g/mol. The number of hydrogen-bond acceptors (Lipinski definition) is 4. The topological polar surface area (TPSA) is 60.7 Å². The molecule has 0 aliphatic rings. The van der Waals surface area contributed by atoms with Crippen LogP contribution in [0.15, 0.2) is 18.3 Å². The summed E-state index contributed by atoms with van der Waals surface area (Å²) < 4.78 is 1.65. The molecule has 0 aromatic carbocycles. The van der Waals surface area contributed by atoms with Crippen molar-refractivity contribution in [2.45, 2.75) is 19.9 Å². The lowest BCUT2D eigenvalue weighted by molar-refractivity contribution is -0.117. The zero-order valence-electron chi connectivity index (χ0n) is 7.84. The van der Waals surface area contributed by atoms with E-state index in [4.69, 9.17) is 0 Å². The molecule has 0 amide bonds. The average Bonchev–Trinajstić information content (AvgIpc) is 2.58. The predicted molar refractivity (Wildman–Crippen MR) is 50.6 cm³/mol. The minimum absolute atomic E-state index is 0.143. The Morgan fingerprint density at radius 3 is 3.21 bits per heavy atom. The highest BCUT2D eigenvalue weighted by Crippen LogP contribution is 2.06. The minimum Gasteiger partial charge on any atom is -0.300 e. The Bertz CT molecular complexity index is 463. The molecule has 5 nitrogen and oxygen atoms in total. The Morgan fingerprint density at radius 2 is 2.43 bits per heavy atom. The molecule has 72 valence electrons. The molecule has 2 aromatic heterocycles. The van der Waals surface area contributed by atoms with Crippen molar-refractivity contribution in [3.05, 3.63) is 18.3 Å². The van der Waals surface area contributed by atoms with Gasteiger partial charge in [0.2, 0.25) is 0 Å². The van der Waals surface area contributed by atoms with Gasteiger partial charge in [0, 0.05) is 12.6 Å². The van der Waals surface area contributed by atoms with Gasteiger partial charge in [0.1, 0.15) is 11.3 Å². The first kappa shape index (κ1) is 8.80. The number of carbonyl (C=O) groups excluding carboxylic acids is 1. The van der Waals surface area contributed by atoms with E-state index >= 15 is 0 Å². The summed E-state index contributed by atoms with van der Waals surface area (Å²) in [5, 5.41) is 7.85. The minimum atomic E-state index is 0.143. The highest BCUT2D eigenvalue weighted by molar-refractivity contribution is 5.75. The van der Waals surface area contributed by atoms with Crippen molar-refractivity contribution in [1.82, 2.24) is 20.0 Å². The number of aromatic nitrogens is 4. The lowest BCUT2D eigenvalue weighted by atomic mass is 10.3. The standard InChI is InChI=1S/C9H10N4O/c1-7(14)4-6-13-9-8(11-12-13)3-2-5-10-9/h2-3,5H,4,6H2,1H3. The van der Waals surface area contributed by atoms with Crippen molar-refractivity contribution < 1.29 is 4.79 Å². The molecule has 0 aliphatic carbocycles. The van der Waals surface area contributed by atoms with Crippen molar-refractivity contribution in [2.75, 3.05) is 0 Å². The highest BCUT2D eigenvalue weighted by atomic mass is 16.1. The van der Waals surface area contributed by atoms with Crippen LogP contribution in [0, 0.1) is 0 Å². The molecule has 0 aliphatic heterocycles. The number of pyridine rings is 1. The third-order valence-electron chi connectivity index (χ3n) is 1.95. The second-order valence-corrected chi connectivity index (χ2v) is 3.11.